The van der Waals surface area contributed by atoms with Crippen molar-refractivity contribution in [2.24, 2.45) is 0 Å². The van der Waals surface area contributed by atoms with Gasteiger partial charge in [0.1, 0.15) is 11.5 Å². The van der Waals surface area contributed by atoms with Crippen molar-refractivity contribution in [2.45, 2.75) is 87.1 Å². The molecule has 3 fully saturated rings. The van der Waals surface area contributed by atoms with Crippen molar-refractivity contribution in [1.82, 2.24) is 0 Å². The van der Waals surface area contributed by atoms with Crippen LogP contribution in [0.15, 0.2) is 60.7 Å². The third-order valence-corrected chi connectivity index (χ3v) is 10.2. The molecule has 3 aliphatic heterocycles. The first-order chi connectivity index (χ1) is 19.8. The fraction of sp³-hybridized carbons (Fsp3) is 0.567. The van der Waals surface area contributed by atoms with Crippen LogP contribution in [0.4, 0.5) is 13.2 Å². The van der Waals surface area contributed by atoms with Crippen LogP contribution in [0.1, 0.15) is 63.5 Å². The van der Waals surface area contributed by atoms with Crippen LogP contribution in [0.3, 0.4) is 0 Å². The van der Waals surface area contributed by atoms with Gasteiger partial charge in [-0.15, -0.1) is 11.8 Å². The van der Waals surface area contributed by atoms with Gasteiger partial charge in [0.2, 0.25) is 5.60 Å². The highest BCUT2D eigenvalue weighted by atomic mass is 32.2. The van der Waals surface area contributed by atoms with E-state index in [1.54, 1.807) is 11.8 Å². The zero-order chi connectivity index (χ0) is 30.6. The Balaban J connectivity index is 0.000000446. The largest absolute Gasteiger partial charge is 0.741 e. The van der Waals surface area contributed by atoms with E-state index in [0.29, 0.717) is 12.1 Å². The van der Waals surface area contributed by atoms with Gasteiger partial charge in [0.05, 0.1) is 25.2 Å². The quantitative estimate of drug-likeness (QED) is 0.117. The SMILES string of the molecule is CCSC(C)OC(C(=O)OC1CC2CCC(C1)[N+]21CCCC1)(c1ccccc1)c1ccccc1.O=S(=O)([O-])C(F)(F)F. The Morgan fingerprint density at radius 1 is 0.976 bits per heavy atom. The van der Waals surface area contributed by atoms with Crippen molar-refractivity contribution in [3.8, 4) is 0 Å². The summed E-state index contributed by atoms with van der Waals surface area (Å²) < 4.78 is 73.4. The van der Waals surface area contributed by atoms with E-state index in [1.807, 2.05) is 67.6 Å². The number of thioether (sulfide) groups is 1. The van der Waals surface area contributed by atoms with Crippen molar-refractivity contribution in [3.05, 3.63) is 71.8 Å². The first-order valence-corrected chi connectivity index (χ1v) is 16.8. The van der Waals surface area contributed by atoms with Crippen molar-refractivity contribution in [3.63, 3.8) is 0 Å². The molecule has 0 amide bonds. The summed E-state index contributed by atoms with van der Waals surface area (Å²) in [5.74, 6) is 0.648. The molecule has 3 aliphatic rings. The smallest absolute Gasteiger partial charge is 0.485 e. The molecule has 0 aromatic heterocycles. The summed E-state index contributed by atoms with van der Waals surface area (Å²) in [5, 5.41) is 0. The zero-order valence-electron chi connectivity index (χ0n) is 23.8. The van der Waals surface area contributed by atoms with E-state index in [1.165, 1.54) is 43.3 Å². The lowest BCUT2D eigenvalue weighted by Crippen LogP contribution is -2.60. The number of ether oxygens (including phenoxy) is 2. The Morgan fingerprint density at radius 3 is 1.83 bits per heavy atom. The number of nitrogens with zero attached hydrogens (tertiary/aromatic N) is 1. The predicted molar refractivity (Wildman–Crippen MR) is 153 cm³/mol. The molecular formula is C30H38F3NO6S2. The molecule has 5 rings (SSSR count). The van der Waals surface area contributed by atoms with Gasteiger partial charge in [-0.3, -0.25) is 0 Å². The molecule has 232 valence electrons. The first kappa shape index (κ1) is 32.8. The molecule has 0 aliphatic carbocycles. The van der Waals surface area contributed by atoms with Gasteiger partial charge in [0, 0.05) is 38.5 Å². The highest BCUT2D eigenvalue weighted by Crippen LogP contribution is 2.47. The van der Waals surface area contributed by atoms with E-state index in [2.05, 4.69) is 6.92 Å². The minimum Gasteiger partial charge on any atom is -0.741 e. The van der Waals surface area contributed by atoms with E-state index < -0.39 is 21.2 Å². The van der Waals surface area contributed by atoms with Gasteiger partial charge in [-0.2, -0.15) is 13.2 Å². The number of carbonyl (C=O) groups excluding carboxylic acids is 1. The monoisotopic (exact) mass is 629 g/mol. The Kier molecular flexibility index (Phi) is 10.3. The van der Waals surface area contributed by atoms with E-state index in [0.717, 1.165) is 29.7 Å². The summed E-state index contributed by atoms with van der Waals surface area (Å²) in [4.78, 5) is 14.3. The molecule has 3 saturated heterocycles. The number of alkyl halides is 3. The van der Waals surface area contributed by atoms with Crippen LogP contribution in [0, 0.1) is 0 Å². The fourth-order valence-corrected chi connectivity index (χ4v) is 7.67. The molecular weight excluding hydrogens is 591 g/mol. The van der Waals surface area contributed by atoms with Crippen molar-refractivity contribution in [2.75, 3.05) is 18.8 Å². The Morgan fingerprint density at radius 2 is 1.43 bits per heavy atom. The zero-order valence-corrected chi connectivity index (χ0v) is 25.4. The van der Waals surface area contributed by atoms with Gasteiger partial charge in [-0.05, 0) is 23.8 Å². The first-order valence-electron chi connectivity index (χ1n) is 14.3. The lowest BCUT2D eigenvalue weighted by atomic mass is 9.85. The summed E-state index contributed by atoms with van der Waals surface area (Å²) in [6.45, 7) is 6.79. The predicted octanol–water partition coefficient (Wildman–Crippen LogP) is 5.94. The maximum absolute atomic E-state index is 14.3. The molecule has 3 atom stereocenters. The van der Waals surface area contributed by atoms with Crippen LogP contribution in [-0.2, 0) is 30.0 Å². The van der Waals surface area contributed by atoms with Crippen LogP contribution in [0.25, 0.3) is 0 Å². The third-order valence-electron chi connectivity index (χ3n) is 8.71. The van der Waals surface area contributed by atoms with E-state index in [4.69, 9.17) is 22.4 Å². The molecule has 2 aromatic rings. The molecule has 2 bridgehead atoms. The van der Waals surface area contributed by atoms with Crippen molar-refractivity contribution in [1.29, 1.82) is 0 Å². The van der Waals surface area contributed by atoms with Crippen molar-refractivity contribution < 1.29 is 44.9 Å². The second kappa shape index (κ2) is 13.3. The van der Waals surface area contributed by atoms with Crippen LogP contribution >= 0.6 is 11.8 Å². The number of carbonyl (C=O) groups is 1. The maximum Gasteiger partial charge on any atom is 0.485 e. The molecule has 0 saturated carbocycles. The van der Waals surface area contributed by atoms with Crippen LogP contribution in [-0.4, -0.2) is 71.4 Å². The Hall–Kier alpha value is -2.12. The molecule has 42 heavy (non-hydrogen) atoms. The lowest BCUT2D eigenvalue weighted by Gasteiger charge is -2.47. The second-order valence-electron chi connectivity index (χ2n) is 11.1. The standard InChI is InChI=1S/C29H38NO3S.CHF3O3S/c1-3-34-22(2)33-29(23-12-6-4-7-13-23,24-14-8-5-9-15-24)28(31)32-27-20-25-16-17-26(21-27)30(25)18-10-11-19-30;2-1(3,4)8(5,6)7/h4-9,12-15,22,25-27H,3,10-11,16-21H2,1-2H3;(H,5,6,7)/q+1;/p-1. The maximum atomic E-state index is 14.3. The van der Waals surface area contributed by atoms with Gasteiger partial charge in [0.15, 0.2) is 10.1 Å². The molecule has 0 radical (unpaired) electrons. The minimum absolute atomic E-state index is 0.0288. The number of piperidine rings is 1. The van der Waals surface area contributed by atoms with Crippen LogP contribution in [0.2, 0.25) is 0 Å². The highest BCUT2D eigenvalue weighted by molar-refractivity contribution is 7.99. The van der Waals surface area contributed by atoms with E-state index in [-0.39, 0.29) is 17.5 Å². The number of hydrogen-bond donors (Lipinski definition) is 0. The molecule has 1 spiro atoms. The summed E-state index contributed by atoms with van der Waals surface area (Å²) in [5.41, 5.74) is -5.42. The lowest BCUT2D eigenvalue weighted by molar-refractivity contribution is -0.956. The van der Waals surface area contributed by atoms with Gasteiger partial charge in [-0.1, -0.05) is 67.6 Å². The number of rotatable bonds is 8. The summed E-state index contributed by atoms with van der Waals surface area (Å²) in [7, 11) is -6.09. The number of benzene rings is 2. The van der Waals surface area contributed by atoms with Gasteiger partial charge in [-0.25, -0.2) is 13.2 Å². The molecule has 2 aromatic carbocycles. The average Bonchev–Trinajstić information content (AvgIpc) is 3.48. The highest BCUT2D eigenvalue weighted by Gasteiger charge is 2.57. The van der Waals surface area contributed by atoms with Gasteiger partial charge >= 0.3 is 11.5 Å². The third kappa shape index (κ3) is 6.83. The molecule has 7 nitrogen and oxygen atoms in total. The minimum atomic E-state index is -6.09. The van der Waals surface area contributed by atoms with Gasteiger partial charge in [0.25, 0.3) is 0 Å². The molecule has 0 N–H and O–H groups in total. The summed E-state index contributed by atoms with van der Waals surface area (Å²) >= 11 is 1.70. The normalized spacial score (nSPS) is 24.1. The van der Waals surface area contributed by atoms with Crippen LogP contribution < -0.4 is 0 Å². The molecule has 3 unspecified atom stereocenters. The number of quaternary nitrogens is 1. The molecule has 3 heterocycles. The van der Waals surface area contributed by atoms with Gasteiger partial charge < -0.3 is 18.5 Å². The number of halogens is 3. The summed E-state index contributed by atoms with van der Waals surface area (Å²) in [6.07, 6.45) is 7.21. The Labute approximate surface area is 250 Å². The van der Waals surface area contributed by atoms with Crippen LogP contribution in [0.5, 0.6) is 0 Å². The summed E-state index contributed by atoms with van der Waals surface area (Å²) in [6, 6.07) is 21.1. The van der Waals surface area contributed by atoms with E-state index >= 15 is 0 Å². The fourth-order valence-electron chi connectivity index (χ4n) is 6.99. The number of esters is 1. The second-order valence-corrected chi connectivity index (χ2v) is 14.0. The topological polar surface area (TPSA) is 92.7 Å². The number of hydrogen-bond acceptors (Lipinski definition) is 7. The van der Waals surface area contributed by atoms with E-state index in [9.17, 15) is 18.0 Å². The Bertz CT molecular complexity index is 1230. The molecule has 12 heteroatoms. The van der Waals surface area contributed by atoms with Crippen molar-refractivity contribution >= 4 is 27.8 Å². The average molecular weight is 630 g/mol.